The van der Waals surface area contributed by atoms with Crippen LogP contribution in [-0.2, 0) is 4.74 Å². The van der Waals surface area contributed by atoms with E-state index in [0.717, 1.165) is 6.42 Å². The van der Waals surface area contributed by atoms with E-state index in [4.69, 9.17) is 4.74 Å². The lowest BCUT2D eigenvalue weighted by Crippen LogP contribution is -2.42. The Labute approximate surface area is 135 Å². The number of amides is 2. The van der Waals surface area contributed by atoms with Gasteiger partial charge in [0.05, 0.1) is 12.7 Å². The minimum atomic E-state index is -0.707. The van der Waals surface area contributed by atoms with E-state index in [9.17, 15) is 14.3 Å². The number of hydrogen-bond donors (Lipinski definition) is 3. The maximum Gasteiger partial charge on any atom is 0.315 e. The molecule has 2 fully saturated rings. The minimum Gasteiger partial charge on any atom is -0.389 e. The van der Waals surface area contributed by atoms with Gasteiger partial charge >= 0.3 is 6.03 Å². The summed E-state index contributed by atoms with van der Waals surface area (Å²) < 4.78 is 19.0. The molecule has 0 aromatic heterocycles. The molecule has 6 heteroatoms. The van der Waals surface area contributed by atoms with Gasteiger partial charge in [-0.05, 0) is 36.8 Å². The normalized spacial score (nSPS) is 24.1. The van der Waals surface area contributed by atoms with Crippen molar-refractivity contribution in [2.45, 2.75) is 37.3 Å². The van der Waals surface area contributed by atoms with E-state index in [-0.39, 0.29) is 37.0 Å². The monoisotopic (exact) mass is 322 g/mol. The molecular formula is C17H23FN2O3. The van der Waals surface area contributed by atoms with Crippen LogP contribution in [0.3, 0.4) is 0 Å². The van der Waals surface area contributed by atoms with E-state index >= 15 is 0 Å². The van der Waals surface area contributed by atoms with Gasteiger partial charge in [0.2, 0.25) is 0 Å². The van der Waals surface area contributed by atoms with Gasteiger partial charge in [0, 0.05) is 25.1 Å². The SMILES string of the molecule is O=C(NCC(O)COCC1CC1)NC1CC1c1ccccc1F. The molecule has 23 heavy (non-hydrogen) atoms. The van der Waals surface area contributed by atoms with Crippen molar-refractivity contribution in [1.29, 1.82) is 0 Å². The first kappa shape index (κ1) is 16.2. The second kappa shape index (κ2) is 7.27. The summed E-state index contributed by atoms with van der Waals surface area (Å²) >= 11 is 0. The Morgan fingerprint density at radius 2 is 2.17 bits per heavy atom. The van der Waals surface area contributed by atoms with Crippen LogP contribution in [0.1, 0.15) is 30.7 Å². The third-order valence-corrected chi connectivity index (χ3v) is 4.27. The lowest BCUT2D eigenvalue weighted by Gasteiger charge is -2.13. The predicted octanol–water partition coefficient (Wildman–Crippen LogP) is 1.77. The average Bonchev–Trinajstić information content (AvgIpc) is 3.43. The van der Waals surface area contributed by atoms with Gasteiger partial charge in [0.25, 0.3) is 0 Å². The van der Waals surface area contributed by atoms with Crippen LogP contribution in [0.4, 0.5) is 9.18 Å². The first-order valence-electron chi connectivity index (χ1n) is 8.18. The van der Waals surface area contributed by atoms with E-state index in [1.165, 1.54) is 18.9 Å². The summed E-state index contributed by atoms with van der Waals surface area (Å²) in [5.74, 6) is 0.461. The molecule has 126 valence electrons. The van der Waals surface area contributed by atoms with Crippen LogP contribution < -0.4 is 10.6 Å². The van der Waals surface area contributed by atoms with E-state index in [0.29, 0.717) is 18.1 Å². The Kier molecular flexibility index (Phi) is 5.13. The number of carbonyl (C=O) groups excluding carboxylic acids is 1. The molecule has 1 aromatic carbocycles. The molecule has 0 bridgehead atoms. The highest BCUT2D eigenvalue weighted by Gasteiger charge is 2.40. The van der Waals surface area contributed by atoms with Crippen LogP contribution in [0.15, 0.2) is 24.3 Å². The topological polar surface area (TPSA) is 70.6 Å². The van der Waals surface area contributed by atoms with Crippen molar-refractivity contribution in [3.63, 3.8) is 0 Å². The van der Waals surface area contributed by atoms with Gasteiger partial charge in [-0.3, -0.25) is 0 Å². The van der Waals surface area contributed by atoms with Gasteiger partial charge in [-0.2, -0.15) is 0 Å². The highest BCUT2D eigenvalue weighted by atomic mass is 19.1. The molecule has 2 saturated carbocycles. The first-order valence-corrected chi connectivity index (χ1v) is 8.18. The zero-order valence-corrected chi connectivity index (χ0v) is 13.0. The van der Waals surface area contributed by atoms with Gasteiger partial charge < -0.3 is 20.5 Å². The Bertz CT molecular complexity index is 550. The fraction of sp³-hybridized carbons (Fsp3) is 0.588. The Morgan fingerprint density at radius 1 is 1.39 bits per heavy atom. The van der Waals surface area contributed by atoms with Crippen molar-refractivity contribution in [2.75, 3.05) is 19.8 Å². The molecule has 3 unspecified atom stereocenters. The zero-order chi connectivity index (χ0) is 16.2. The average molecular weight is 322 g/mol. The maximum atomic E-state index is 13.6. The number of rotatable bonds is 8. The summed E-state index contributed by atoms with van der Waals surface area (Å²) in [5, 5.41) is 15.2. The number of halogens is 1. The van der Waals surface area contributed by atoms with E-state index in [1.807, 2.05) is 0 Å². The van der Waals surface area contributed by atoms with Crippen molar-refractivity contribution in [3.8, 4) is 0 Å². The third-order valence-electron chi connectivity index (χ3n) is 4.27. The lowest BCUT2D eigenvalue weighted by atomic mass is 10.1. The number of urea groups is 1. The van der Waals surface area contributed by atoms with E-state index in [2.05, 4.69) is 10.6 Å². The number of carbonyl (C=O) groups is 1. The second-order valence-electron chi connectivity index (χ2n) is 6.46. The Balaban J connectivity index is 1.31. The molecule has 2 aliphatic rings. The van der Waals surface area contributed by atoms with Crippen LogP contribution in [0, 0.1) is 11.7 Å². The van der Waals surface area contributed by atoms with Gasteiger partial charge in [-0.15, -0.1) is 0 Å². The number of nitrogens with one attached hydrogen (secondary N) is 2. The van der Waals surface area contributed by atoms with Crippen molar-refractivity contribution in [3.05, 3.63) is 35.6 Å². The highest BCUT2D eigenvalue weighted by Crippen LogP contribution is 2.41. The molecule has 0 spiro atoms. The van der Waals surface area contributed by atoms with Crippen LogP contribution in [0.2, 0.25) is 0 Å². The molecule has 3 N–H and O–H groups in total. The quantitative estimate of drug-likeness (QED) is 0.683. The smallest absolute Gasteiger partial charge is 0.315 e. The summed E-state index contributed by atoms with van der Waals surface area (Å²) in [6, 6.07) is 6.25. The number of hydrogen-bond acceptors (Lipinski definition) is 3. The van der Waals surface area contributed by atoms with Crippen molar-refractivity contribution in [1.82, 2.24) is 10.6 Å². The maximum absolute atomic E-state index is 13.6. The zero-order valence-electron chi connectivity index (χ0n) is 13.0. The molecule has 0 saturated heterocycles. The van der Waals surface area contributed by atoms with Crippen LogP contribution in [-0.4, -0.2) is 43.0 Å². The summed E-state index contributed by atoms with van der Waals surface area (Å²) in [6.07, 6.45) is 2.45. The Morgan fingerprint density at radius 3 is 2.91 bits per heavy atom. The van der Waals surface area contributed by atoms with Gasteiger partial charge in [-0.1, -0.05) is 18.2 Å². The molecule has 0 radical (unpaired) electrons. The number of aliphatic hydroxyl groups excluding tert-OH is 1. The van der Waals surface area contributed by atoms with Crippen molar-refractivity contribution < 1.29 is 19.0 Å². The molecule has 0 aliphatic heterocycles. The summed E-state index contributed by atoms with van der Waals surface area (Å²) in [6.45, 7) is 1.07. The van der Waals surface area contributed by atoms with E-state index < -0.39 is 6.10 Å². The van der Waals surface area contributed by atoms with Crippen LogP contribution in [0.25, 0.3) is 0 Å². The fourth-order valence-electron chi connectivity index (χ4n) is 2.62. The summed E-state index contributed by atoms with van der Waals surface area (Å²) in [5.41, 5.74) is 0.645. The van der Waals surface area contributed by atoms with Crippen molar-refractivity contribution >= 4 is 6.03 Å². The van der Waals surface area contributed by atoms with Gasteiger partial charge in [0.15, 0.2) is 0 Å². The number of aliphatic hydroxyl groups is 1. The third kappa shape index (κ3) is 4.91. The Hall–Kier alpha value is -1.66. The van der Waals surface area contributed by atoms with Crippen LogP contribution >= 0.6 is 0 Å². The number of benzene rings is 1. The molecular weight excluding hydrogens is 299 g/mol. The van der Waals surface area contributed by atoms with Crippen LogP contribution in [0.5, 0.6) is 0 Å². The standard InChI is InChI=1S/C17H23FN2O3/c18-15-4-2-1-3-13(15)14-7-16(14)20-17(22)19-8-12(21)10-23-9-11-5-6-11/h1-4,11-12,14,16,21H,5-10H2,(H2,19,20,22). The van der Waals surface area contributed by atoms with Crippen molar-refractivity contribution in [2.24, 2.45) is 5.92 Å². The second-order valence-corrected chi connectivity index (χ2v) is 6.46. The highest BCUT2D eigenvalue weighted by molar-refractivity contribution is 5.74. The lowest BCUT2D eigenvalue weighted by molar-refractivity contribution is 0.0337. The fourth-order valence-corrected chi connectivity index (χ4v) is 2.62. The molecule has 3 atom stereocenters. The molecule has 3 rings (SSSR count). The van der Waals surface area contributed by atoms with E-state index in [1.54, 1.807) is 18.2 Å². The molecule has 2 amide bonds. The molecule has 1 aromatic rings. The van der Waals surface area contributed by atoms with Gasteiger partial charge in [-0.25, -0.2) is 9.18 Å². The number of ether oxygens (including phenoxy) is 1. The van der Waals surface area contributed by atoms with Gasteiger partial charge in [0.1, 0.15) is 5.82 Å². The predicted molar refractivity (Wildman–Crippen MR) is 83.6 cm³/mol. The minimum absolute atomic E-state index is 0.0359. The molecule has 2 aliphatic carbocycles. The summed E-state index contributed by atoms with van der Waals surface area (Å²) in [4.78, 5) is 11.8. The largest absolute Gasteiger partial charge is 0.389 e. The first-order chi connectivity index (χ1) is 11.1. The molecule has 0 heterocycles. The summed E-state index contributed by atoms with van der Waals surface area (Å²) in [7, 11) is 0. The molecule has 5 nitrogen and oxygen atoms in total.